The molecule has 1 saturated heterocycles. The van der Waals surface area contributed by atoms with Gasteiger partial charge in [0, 0.05) is 55.7 Å². The Bertz CT molecular complexity index is 1420. The highest BCUT2D eigenvalue weighted by Gasteiger charge is 2.38. The number of carbonyl (C=O) groups excluding carboxylic acids is 1. The number of nitrogens with zero attached hydrogens (tertiary/aromatic N) is 6. The normalized spacial score (nSPS) is 15.8. The summed E-state index contributed by atoms with van der Waals surface area (Å²) >= 11 is 0. The number of carbonyl (C=O) groups is 1. The number of hydrogen-bond donors (Lipinski definition) is 2. The van der Waals surface area contributed by atoms with Crippen molar-refractivity contribution < 1.29 is 9.53 Å². The van der Waals surface area contributed by atoms with Crippen molar-refractivity contribution in [2.75, 3.05) is 25.5 Å². The lowest BCUT2D eigenvalue weighted by atomic mass is 10.0. The summed E-state index contributed by atoms with van der Waals surface area (Å²) in [4.78, 5) is 26.7. The number of aryl methyl sites for hydroxylation is 2. The Labute approximate surface area is 202 Å². The zero-order valence-corrected chi connectivity index (χ0v) is 19.9. The van der Waals surface area contributed by atoms with Crippen LogP contribution in [0, 0.1) is 13.8 Å². The summed E-state index contributed by atoms with van der Waals surface area (Å²) in [5, 5.41) is 14.0. The average molecular weight is 471 g/mol. The van der Waals surface area contributed by atoms with Crippen LogP contribution in [0.25, 0.3) is 11.0 Å². The topological polar surface area (TPSA) is 112 Å². The van der Waals surface area contributed by atoms with E-state index >= 15 is 0 Å². The summed E-state index contributed by atoms with van der Waals surface area (Å²) in [5.41, 5.74) is 7.45. The molecule has 10 nitrogen and oxygen atoms in total. The van der Waals surface area contributed by atoms with Crippen molar-refractivity contribution in [2.24, 2.45) is 0 Å². The minimum atomic E-state index is -0.0561. The zero-order valence-electron chi connectivity index (χ0n) is 19.9. The van der Waals surface area contributed by atoms with Gasteiger partial charge in [-0.2, -0.15) is 0 Å². The SMILES string of the molecule is COc1cc2[nH]nnc2cc1C(=O)N1CC(N2Cc3cnc(Nc4cc(C)cc(C)c4)nc3C2)C1. The lowest BCUT2D eigenvalue weighted by molar-refractivity contribution is 0.0247. The molecule has 4 aromatic rings. The van der Waals surface area contributed by atoms with Crippen LogP contribution in [-0.4, -0.2) is 67.3 Å². The van der Waals surface area contributed by atoms with Crippen LogP contribution in [0.3, 0.4) is 0 Å². The molecule has 6 rings (SSSR count). The molecule has 0 spiro atoms. The number of anilines is 2. The van der Waals surface area contributed by atoms with Crippen LogP contribution in [-0.2, 0) is 13.1 Å². The van der Waals surface area contributed by atoms with E-state index in [1.165, 1.54) is 11.1 Å². The molecule has 0 atom stereocenters. The second-order valence-electron chi connectivity index (χ2n) is 9.32. The number of aromatic nitrogens is 5. The van der Waals surface area contributed by atoms with Gasteiger partial charge in [-0.05, 0) is 43.2 Å². The van der Waals surface area contributed by atoms with Gasteiger partial charge in [-0.25, -0.2) is 9.97 Å². The van der Waals surface area contributed by atoms with E-state index in [0.29, 0.717) is 35.9 Å². The standard InChI is InChI=1S/C25H26N8O2/c1-14-4-15(2)6-17(5-14)27-25-26-9-16-10-32(13-22(16)28-25)18-11-33(12-18)24(34)19-7-20-21(30-31-29-20)8-23(19)35-3/h4-9,18H,10-13H2,1-3H3,(H,26,27,28)(H,29,30,31). The van der Waals surface area contributed by atoms with Crippen molar-refractivity contribution in [3.63, 3.8) is 0 Å². The number of hydrogen-bond acceptors (Lipinski definition) is 8. The van der Waals surface area contributed by atoms with Crippen LogP contribution >= 0.6 is 0 Å². The van der Waals surface area contributed by atoms with Crippen LogP contribution in [0.2, 0.25) is 0 Å². The number of benzene rings is 2. The Kier molecular flexibility index (Phi) is 5.10. The fraction of sp³-hybridized carbons (Fsp3) is 0.320. The predicted octanol–water partition coefficient (Wildman–Crippen LogP) is 2.96. The number of methoxy groups -OCH3 is 1. The molecule has 2 aliphatic heterocycles. The van der Waals surface area contributed by atoms with Crippen molar-refractivity contribution in [1.82, 2.24) is 35.2 Å². The summed E-state index contributed by atoms with van der Waals surface area (Å²) in [7, 11) is 1.56. The molecule has 0 radical (unpaired) electrons. The van der Waals surface area contributed by atoms with Crippen LogP contribution < -0.4 is 10.1 Å². The number of ether oxygens (including phenoxy) is 1. The minimum absolute atomic E-state index is 0.0561. The lowest BCUT2D eigenvalue weighted by Gasteiger charge is -2.44. The van der Waals surface area contributed by atoms with Gasteiger partial charge in [0.1, 0.15) is 11.3 Å². The molecule has 2 aliphatic rings. The number of rotatable bonds is 5. The molecule has 35 heavy (non-hydrogen) atoms. The molecule has 1 fully saturated rings. The van der Waals surface area contributed by atoms with Gasteiger partial charge < -0.3 is 15.0 Å². The van der Waals surface area contributed by atoms with E-state index < -0.39 is 0 Å². The zero-order chi connectivity index (χ0) is 24.1. The Balaban J connectivity index is 1.11. The van der Waals surface area contributed by atoms with Crippen LogP contribution in [0.15, 0.2) is 36.5 Å². The molecular weight excluding hydrogens is 444 g/mol. The Morgan fingerprint density at radius 3 is 2.69 bits per heavy atom. The molecule has 0 aliphatic carbocycles. The maximum Gasteiger partial charge on any atom is 0.257 e. The third-order valence-corrected chi connectivity index (χ3v) is 6.70. The first-order valence-electron chi connectivity index (χ1n) is 11.6. The second-order valence-corrected chi connectivity index (χ2v) is 9.32. The quantitative estimate of drug-likeness (QED) is 0.458. The summed E-state index contributed by atoms with van der Waals surface area (Å²) in [6.07, 6.45) is 1.91. The second kappa shape index (κ2) is 8.31. The number of H-pyrrole nitrogens is 1. The van der Waals surface area contributed by atoms with E-state index in [-0.39, 0.29) is 11.9 Å². The van der Waals surface area contributed by atoms with E-state index in [4.69, 9.17) is 9.72 Å². The number of aromatic amines is 1. The predicted molar refractivity (Wildman–Crippen MR) is 131 cm³/mol. The van der Waals surface area contributed by atoms with E-state index in [1.54, 1.807) is 19.2 Å². The largest absolute Gasteiger partial charge is 0.496 e. The van der Waals surface area contributed by atoms with Gasteiger partial charge in [0.2, 0.25) is 5.95 Å². The molecule has 0 saturated carbocycles. The highest BCUT2D eigenvalue weighted by molar-refractivity contribution is 6.00. The smallest absolute Gasteiger partial charge is 0.257 e. The van der Waals surface area contributed by atoms with Gasteiger partial charge in [0.25, 0.3) is 5.91 Å². The fourth-order valence-electron chi connectivity index (χ4n) is 4.90. The number of nitrogens with one attached hydrogen (secondary N) is 2. The van der Waals surface area contributed by atoms with Crippen LogP contribution in [0.5, 0.6) is 5.75 Å². The molecule has 0 unspecified atom stereocenters. The van der Waals surface area contributed by atoms with E-state index in [0.717, 1.165) is 35.6 Å². The summed E-state index contributed by atoms with van der Waals surface area (Å²) in [6.45, 7) is 7.02. The first-order chi connectivity index (χ1) is 17.0. The number of amides is 1. The Morgan fingerprint density at radius 2 is 1.91 bits per heavy atom. The molecular formula is C25H26N8O2. The van der Waals surface area contributed by atoms with Gasteiger partial charge in [-0.3, -0.25) is 14.8 Å². The summed E-state index contributed by atoms with van der Waals surface area (Å²) in [6, 6.07) is 10.1. The van der Waals surface area contributed by atoms with Gasteiger partial charge in [0.05, 0.1) is 23.9 Å². The van der Waals surface area contributed by atoms with Crippen molar-refractivity contribution in [1.29, 1.82) is 0 Å². The third kappa shape index (κ3) is 3.95. The van der Waals surface area contributed by atoms with Crippen molar-refractivity contribution in [3.05, 3.63) is 64.5 Å². The monoisotopic (exact) mass is 470 g/mol. The van der Waals surface area contributed by atoms with Crippen molar-refractivity contribution in [2.45, 2.75) is 33.0 Å². The Hall–Kier alpha value is -4.05. The fourth-order valence-corrected chi connectivity index (χ4v) is 4.90. The highest BCUT2D eigenvalue weighted by atomic mass is 16.5. The maximum atomic E-state index is 13.2. The van der Waals surface area contributed by atoms with Crippen molar-refractivity contribution >= 4 is 28.6 Å². The highest BCUT2D eigenvalue weighted by Crippen LogP contribution is 2.31. The molecule has 10 heteroatoms. The lowest BCUT2D eigenvalue weighted by Crippen LogP contribution is -2.59. The minimum Gasteiger partial charge on any atom is -0.496 e. The maximum absolute atomic E-state index is 13.2. The Morgan fingerprint density at radius 1 is 1.11 bits per heavy atom. The van der Waals surface area contributed by atoms with Crippen molar-refractivity contribution in [3.8, 4) is 5.75 Å². The van der Waals surface area contributed by atoms with E-state index in [9.17, 15) is 4.79 Å². The first-order valence-corrected chi connectivity index (χ1v) is 11.6. The molecule has 0 bridgehead atoms. The third-order valence-electron chi connectivity index (χ3n) is 6.70. The first kappa shape index (κ1) is 21.5. The average Bonchev–Trinajstić information content (AvgIpc) is 3.42. The summed E-state index contributed by atoms with van der Waals surface area (Å²) < 4.78 is 5.44. The van der Waals surface area contributed by atoms with Crippen LogP contribution in [0.4, 0.5) is 11.6 Å². The van der Waals surface area contributed by atoms with Gasteiger partial charge in [0.15, 0.2) is 0 Å². The molecule has 2 N–H and O–H groups in total. The molecule has 178 valence electrons. The van der Waals surface area contributed by atoms with Gasteiger partial charge in [-0.15, -0.1) is 5.10 Å². The van der Waals surface area contributed by atoms with E-state index in [2.05, 4.69) is 62.7 Å². The van der Waals surface area contributed by atoms with Crippen LogP contribution in [0.1, 0.15) is 32.7 Å². The molecule has 2 aromatic carbocycles. The number of likely N-dealkylation sites (tertiary alicyclic amines) is 1. The molecule has 2 aromatic heterocycles. The van der Waals surface area contributed by atoms with E-state index in [1.807, 2.05) is 11.1 Å². The molecule has 4 heterocycles. The van der Waals surface area contributed by atoms with Gasteiger partial charge >= 0.3 is 0 Å². The summed E-state index contributed by atoms with van der Waals surface area (Å²) in [5.74, 6) is 1.07. The van der Waals surface area contributed by atoms with Gasteiger partial charge in [-0.1, -0.05) is 11.3 Å². The molecule has 1 amide bonds. The number of fused-ring (bicyclic) bond motifs is 2.